The summed E-state index contributed by atoms with van der Waals surface area (Å²) in [6.07, 6.45) is 1.43. The van der Waals surface area contributed by atoms with E-state index in [1.165, 1.54) is 6.21 Å². The maximum Gasteiger partial charge on any atom is 0.277 e. The third-order valence-corrected chi connectivity index (χ3v) is 4.68. The van der Waals surface area contributed by atoms with Crippen molar-refractivity contribution in [3.05, 3.63) is 102 Å². The SMILES string of the molecule is O=C(COc1ccc(-c2ccccc2)cc1)N/N=C\c1ccc(-c2cccc(Cl)c2)o1. The van der Waals surface area contributed by atoms with Crippen LogP contribution < -0.4 is 10.2 Å². The minimum absolute atomic E-state index is 0.145. The average molecular weight is 431 g/mol. The number of ether oxygens (including phenoxy) is 1. The summed E-state index contributed by atoms with van der Waals surface area (Å²) in [4.78, 5) is 12.0. The fourth-order valence-electron chi connectivity index (χ4n) is 2.94. The van der Waals surface area contributed by atoms with Gasteiger partial charge in [0.25, 0.3) is 5.91 Å². The Morgan fingerprint density at radius 2 is 1.65 bits per heavy atom. The van der Waals surface area contributed by atoms with Crippen LogP contribution in [0.25, 0.3) is 22.5 Å². The number of hydrogen-bond acceptors (Lipinski definition) is 4. The summed E-state index contributed by atoms with van der Waals surface area (Å²) >= 11 is 6.00. The number of amides is 1. The lowest BCUT2D eigenvalue weighted by Crippen LogP contribution is -2.24. The number of rotatable bonds is 7. The van der Waals surface area contributed by atoms with Crippen LogP contribution in [0.3, 0.4) is 0 Å². The van der Waals surface area contributed by atoms with Crippen LogP contribution in [-0.2, 0) is 4.79 Å². The quantitative estimate of drug-likeness (QED) is 0.298. The average Bonchev–Trinajstić information content (AvgIpc) is 3.28. The molecule has 0 unspecified atom stereocenters. The van der Waals surface area contributed by atoms with E-state index in [1.54, 1.807) is 12.1 Å². The van der Waals surface area contributed by atoms with Gasteiger partial charge in [0.1, 0.15) is 17.3 Å². The first-order valence-corrected chi connectivity index (χ1v) is 10.0. The normalized spacial score (nSPS) is 10.9. The summed E-state index contributed by atoms with van der Waals surface area (Å²) < 4.78 is 11.2. The molecule has 4 rings (SSSR count). The molecular formula is C25H19ClN2O3. The van der Waals surface area contributed by atoms with Crippen LogP contribution in [0.5, 0.6) is 5.75 Å². The van der Waals surface area contributed by atoms with Gasteiger partial charge in [-0.05, 0) is 47.5 Å². The lowest BCUT2D eigenvalue weighted by molar-refractivity contribution is -0.123. The molecule has 0 spiro atoms. The topological polar surface area (TPSA) is 63.8 Å². The van der Waals surface area contributed by atoms with E-state index in [0.29, 0.717) is 22.3 Å². The molecule has 31 heavy (non-hydrogen) atoms. The molecule has 154 valence electrons. The summed E-state index contributed by atoms with van der Waals surface area (Å²) in [6.45, 7) is -0.145. The number of hydrazone groups is 1. The minimum Gasteiger partial charge on any atom is -0.484 e. The van der Waals surface area contributed by atoms with Crippen LogP contribution in [0, 0.1) is 0 Å². The van der Waals surface area contributed by atoms with Crippen LogP contribution in [-0.4, -0.2) is 18.7 Å². The molecule has 1 amide bonds. The van der Waals surface area contributed by atoms with Crippen molar-refractivity contribution in [2.75, 3.05) is 6.61 Å². The standard InChI is InChI=1S/C25H19ClN2O3/c26-21-8-4-7-20(15-21)24-14-13-23(31-24)16-27-28-25(29)17-30-22-11-9-19(10-12-22)18-5-2-1-3-6-18/h1-16H,17H2,(H,28,29)/b27-16-. The summed E-state index contributed by atoms with van der Waals surface area (Å²) in [7, 11) is 0. The minimum atomic E-state index is -0.370. The lowest BCUT2D eigenvalue weighted by Gasteiger charge is -2.06. The van der Waals surface area contributed by atoms with Gasteiger partial charge in [-0.2, -0.15) is 5.10 Å². The number of benzene rings is 3. The van der Waals surface area contributed by atoms with E-state index >= 15 is 0 Å². The molecule has 0 fully saturated rings. The number of carbonyl (C=O) groups is 1. The second-order valence-corrected chi connectivity index (χ2v) is 7.12. The highest BCUT2D eigenvalue weighted by Crippen LogP contribution is 2.24. The maximum absolute atomic E-state index is 12.0. The van der Waals surface area contributed by atoms with Gasteiger partial charge in [-0.1, -0.05) is 66.2 Å². The molecule has 4 aromatic rings. The number of halogens is 1. The van der Waals surface area contributed by atoms with E-state index in [-0.39, 0.29) is 12.5 Å². The Hall–Kier alpha value is -3.83. The first-order chi connectivity index (χ1) is 15.2. The summed E-state index contributed by atoms with van der Waals surface area (Å²) in [6, 6.07) is 28.6. The molecule has 3 aromatic carbocycles. The van der Waals surface area contributed by atoms with E-state index in [0.717, 1.165) is 16.7 Å². The van der Waals surface area contributed by atoms with Crippen LogP contribution in [0.4, 0.5) is 0 Å². The number of carbonyl (C=O) groups excluding carboxylic acids is 1. The van der Waals surface area contributed by atoms with Crippen LogP contribution >= 0.6 is 11.6 Å². The largest absolute Gasteiger partial charge is 0.484 e. The second-order valence-electron chi connectivity index (χ2n) is 6.68. The molecule has 5 nitrogen and oxygen atoms in total. The Balaban J connectivity index is 1.26. The van der Waals surface area contributed by atoms with Crippen LogP contribution in [0.15, 0.2) is 101 Å². The molecule has 0 aliphatic carbocycles. The van der Waals surface area contributed by atoms with Crippen LogP contribution in [0.1, 0.15) is 5.76 Å². The van der Waals surface area contributed by atoms with E-state index in [4.69, 9.17) is 20.8 Å². The van der Waals surface area contributed by atoms with Gasteiger partial charge in [0, 0.05) is 10.6 Å². The van der Waals surface area contributed by atoms with E-state index in [1.807, 2.05) is 78.9 Å². The number of hydrogen-bond donors (Lipinski definition) is 1. The molecule has 1 N–H and O–H groups in total. The Bertz CT molecular complexity index is 1180. The Kier molecular flexibility index (Phi) is 6.45. The predicted molar refractivity (Wildman–Crippen MR) is 122 cm³/mol. The molecule has 0 atom stereocenters. The second kappa shape index (κ2) is 9.78. The first kappa shape index (κ1) is 20.4. The molecule has 6 heteroatoms. The first-order valence-electron chi connectivity index (χ1n) is 9.63. The number of nitrogens with zero attached hydrogens (tertiary/aromatic N) is 1. The van der Waals surface area contributed by atoms with E-state index in [9.17, 15) is 4.79 Å². The van der Waals surface area contributed by atoms with Crippen molar-refractivity contribution in [1.82, 2.24) is 5.43 Å². The molecule has 0 saturated carbocycles. The van der Waals surface area contributed by atoms with Gasteiger partial charge >= 0.3 is 0 Å². The van der Waals surface area contributed by atoms with Crippen molar-refractivity contribution >= 4 is 23.7 Å². The van der Waals surface area contributed by atoms with E-state index < -0.39 is 0 Å². The molecular weight excluding hydrogens is 412 g/mol. The monoisotopic (exact) mass is 430 g/mol. The summed E-state index contributed by atoms with van der Waals surface area (Å²) in [5.74, 6) is 1.41. The highest BCUT2D eigenvalue weighted by molar-refractivity contribution is 6.30. The van der Waals surface area contributed by atoms with E-state index in [2.05, 4.69) is 10.5 Å². The molecule has 0 aliphatic heterocycles. The van der Waals surface area contributed by atoms with Gasteiger partial charge in [-0.3, -0.25) is 4.79 Å². The Morgan fingerprint density at radius 1 is 0.903 bits per heavy atom. The van der Waals surface area contributed by atoms with Crippen molar-refractivity contribution in [3.8, 4) is 28.2 Å². The zero-order valence-corrected chi connectivity index (χ0v) is 17.3. The zero-order valence-electron chi connectivity index (χ0n) is 16.5. The van der Waals surface area contributed by atoms with Gasteiger partial charge in [0.15, 0.2) is 6.61 Å². The van der Waals surface area contributed by atoms with Crippen molar-refractivity contribution < 1.29 is 13.9 Å². The van der Waals surface area contributed by atoms with Crippen molar-refractivity contribution in [1.29, 1.82) is 0 Å². The molecule has 0 saturated heterocycles. The van der Waals surface area contributed by atoms with Crippen molar-refractivity contribution in [3.63, 3.8) is 0 Å². The van der Waals surface area contributed by atoms with Gasteiger partial charge in [-0.25, -0.2) is 5.43 Å². The van der Waals surface area contributed by atoms with Crippen LogP contribution in [0.2, 0.25) is 5.02 Å². The fraction of sp³-hybridized carbons (Fsp3) is 0.0400. The number of nitrogens with one attached hydrogen (secondary N) is 1. The smallest absolute Gasteiger partial charge is 0.277 e. The summed E-state index contributed by atoms with van der Waals surface area (Å²) in [5, 5.41) is 4.54. The predicted octanol–water partition coefficient (Wildman–Crippen LogP) is 5.80. The molecule has 0 aliphatic rings. The third-order valence-electron chi connectivity index (χ3n) is 4.45. The van der Waals surface area contributed by atoms with Crippen molar-refractivity contribution in [2.24, 2.45) is 5.10 Å². The lowest BCUT2D eigenvalue weighted by atomic mass is 10.1. The van der Waals surface area contributed by atoms with Crippen molar-refractivity contribution in [2.45, 2.75) is 0 Å². The maximum atomic E-state index is 12.0. The van der Waals surface area contributed by atoms with Gasteiger partial charge in [-0.15, -0.1) is 0 Å². The highest BCUT2D eigenvalue weighted by atomic mass is 35.5. The van der Waals surface area contributed by atoms with Gasteiger partial charge < -0.3 is 9.15 Å². The zero-order chi connectivity index (χ0) is 21.5. The summed E-state index contributed by atoms with van der Waals surface area (Å²) in [5.41, 5.74) is 5.49. The Labute approximate surface area is 184 Å². The fourth-order valence-corrected chi connectivity index (χ4v) is 3.13. The number of furan rings is 1. The highest BCUT2D eigenvalue weighted by Gasteiger charge is 2.05. The molecule has 0 radical (unpaired) electrons. The molecule has 0 bridgehead atoms. The van der Waals surface area contributed by atoms with Gasteiger partial charge in [0.05, 0.1) is 6.21 Å². The molecule has 1 heterocycles. The van der Waals surface area contributed by atoms with Gasteiger partial charge in [0.2, 0.25) is 0 Å². The molecule has 1 aromatic heterocycles. The Morgan fingerprint density at radius 3 is 2.42 bits per heavy atom. The third kappa shape index (κ3) is 5.62.